The van der Waals surface area contributed by atoms with E-state index in [2.05, 4.69) is 40.9 Å². The molecule has 23 heteroatoms. The number of aromatic amines is 3. The summed E-state index contributed by atoms with van der Waals surface area (Å²) in [6.07, 6.45) is -1.47. The standard InChI is InChI=1S/C40H40N10O13/c41-38-47-29-26(33(57)49-38)21(10-5-17-1-6-19(7-2-17)31(55)43-22(35(59)60)11-13-24(51)52)28(45-29)40(27-30(46-37(40)63)48-39(42)50-34(27)58)16-15-18-3-8-20(9-4-18)32(56)44-23(36(61)62)12-14-25(53)54/h1-4,6-9,22-23H,5,10-16H2,(H,43,55)(H,44,56)(H,51,52)(H,53,54)(H,59,60)(H,61,62)(H4,41,45,47,49,57)(H4,42,46,48,50,58,63)/t22?,23?,40-/m0/s1. The van der Waals surface area contributed by atoms with Crippen molar-refractivity contribution in [2.24, 2.45) is 0 Å². The molecule has 3 amide bonds. The van der Waals surface area contributed by atoms with E-state index in [1.54, 1.807) is 24.3 Å². The first-order valence-corrected chi connectivity index (χ1v) is 19.2. The second kappa shape index (κ2) is 18.1. The number of rotatable bonds is 19. The quantitative estimate of drug-likeness (QED) is 0.0529. The van der Waals surface area contributed by atoms with Crippen molar-refractivity contribution in [1.29, 1.82) is 0 Å². The van der Waals surface area contributed by atoms with Crippen LogP contribution in [0.3, 0.4) is 0 Å². The number of carboxylic acid groups (broad SMARTS) is 4. The fourth-order valence-corrected chi connectivity index (χ4v) is 7.50. The summed E-state index contributed by atoms with van der Waals surface area (Å²) >= 11 is 0. The number of carbonyl (C=O) groups is 7. The molecule has 63 heavy (non-hydrogen) atoms. The summed E-state index contributed by atoms with van der Waals surface area (Å²) in [4.78, 5) is 129. The van der Waals surface area contributed by atoms with Crippen LogP contribution in [0.25, 0.3) is 11.0 Å². The van der Waals surface area contributed by atoms with E-state index in [0.717, 1.165) is 0 Å². The molecule has 0 aliphatic carbocycles. The van der Waals surface area contributed by atoms with Gasteiger partial charge in [0.1, 0.15) is 29.0 Å². The fraction of sp³-hybridized carbons (Fsp3) is 0.275. The number of benzene rings is 2. The number of anilines is 3. The molecule has 0 spiro atoms. The highest BCUT2D eigenvalue weighted by molar-refractivity contribution is 6.08. The van der Waals surface area contributed by atoms with Gasteiger partial charge in [0.05, 0.1) is 10.9 Å². The van der Waals surface area contributed by atoms with Gasteiger partial charge in [-0.1, -0.05) is 24.3 Å². The maximum atomic E-state index is 14.5. The molecule has 0 radical (unpaired) electrons. The average molecular weight is 869 g/mol. The van der Waals surface area contributed by atoms with E-state index in [-0.39, 0.29) is 95.2 Å². The highest BCUT2D eigenvalue weighted by Crippen LogP contribution is 2.46. The first kappa shape index (κ1) is 44.2. The minimum atomic E-state index is -1.87. The summed E-state index contributed by atoms with van der Waals surface area (Å²) < 4.78 is 0. The zero-order valence-electron chi connectivity index (χ0n) is 32.9. The van der Waals surface area contributed by atoms with Crippen LogP contribution in [0.5, 0.6) is 0 Å². The number of aromatic nitrogens is 5. The van der Waals surface area contributed by atoms with E-state index in [0.29, 0.717) is 11.1 Å². The number of nitrogens with one attached hydrogen (secondary N) is 6. The zero-order valence-corrected chi connectivity index (χ0v) is 32.9. The molecule has 3 aromatic heterocycles. The molecule has 0 fully saturated rings. The lowest BCUT2D eigenvalue weighted by molar-refractivity contribution is -0.142. The molecule has 14 N–H and O–H groups in total. The molecule has 2 unspecified atom stereocenters. The van der Waals surface area contributed by atoms with Crippen LogP contribution in [0.1, 0.15) is 80.8 Å². The normalized spacial score (nSPS) is 15.2. The molecule has 0 saturated heterocycles. The Labute approximate surface area is 353 Å². The number of fused-ring (bicyclic) bond motifs is 2. The summed E-state index contributed by atoms with van der Waals surface area (Å²) in [5.41, 5.74) is 10.0. The van der Waals surface area contributed by atoms with Crippen molar-refractivity contribution in [3.63, 3.8) is 0 Å². The third kappa shape index (κ3) is 9.51. The van der Waals surface area contributed by atoms with Crippen LogP contribution in [0.2, 0.25) is 0 Å². The molecule has 5 aromatic rings. The van der Waals surface area contributed by atoms with Crippen LogP contribution >= 0.6 is 0 Å². The van der Waals surface area contributed by atoms with E-state index >= 15 is 0 Å². The van der Waals surface area contributed by atoms with Gasteiger partial charge in [-0.25, -0.2) is 9.59 Å². The minimum absolute atomic E-state index is 0.0315. The molecule has 0 saturated carbocycles. The Morgan fingerprint density at radius 3 is 1.65 bits per heavy atom. The molecule has 2 aromatic carbocycles. The van der Waals surface area contributed by atoms with Crippen LogP contribution < -0.4 is 38.5 Å². The largest absolute Gasteiger partial charge is 0.481 e. The smallest absolute Gasteiger partial charge is 0.326 e. The first-order chi connectivity index (χ1) is 29.9. The number of carboxylic acids is 4. The molecule has 0 bridgehead atoms. The van der Waals surface area contributed by atoms with Crippen molar-refractivity contribution in [2.75, 3.05) is 16.8 Å². The van der Waals surface area contributed by atoms with Gasteiger partial charge in [0.25, 0.3) is 22.9 Å². The van der Waals surface area contributed by atoms with E-state index in [1.807, 2.05) is 0 Å². The summed E-state index contributed by atoms with van der Waals surface area (Å²) in [7, 11) is 0. The maximum Gasteiger partial charge on any atom is 0.326 e. The monoisotopic (exact) mass is 868 g/mol. The Morgan fingerprint density at radius 1 is 0.651 bits per heavy atom. The van der Waals surface area contributed by atoms with Crippen molar-refractivity contribution in [1.82, 2.24) is 35.6 Å². The summed E-state index contributed by atoms with van der Waals surface area (Å²) in [5, 5.41) is 44.2. The van der Waals surface area contributed by atoms with Gasteiger partial charge in [0.2, 0.25) is 17.8 Å². The number of aliphatic carboxylic acids is 4. The third-order valence-corrected chi connectivity index (χ3v) is 10.6. The number of carbonyl (C=O) groups excluding carboxylic acids is 3. The minimum Gasteiger partial charge on any atom is -0.481 e. The van der Waals surface area contributed by atoms with Gasteiger partial charge >= 0.3 is 23.9 Å². The molecule has 1 aliphatic heterocycles. The molecular weight excluding hydrogens is 828 g/mol. The molecule has 1 aliphatic rings. The van der Waals surface area contributed by atoms with Crippen LogP contribution in [0, 0.1) is 0 Å². The van der Waals surface area contributed by atoms with Gasteiger partial charge in [0.15, 0.2) is 0 Å². The first-order valence-electron chi connectivity index (χ1n) is 19.2. The number of H-pyrrole nitrogens is 3. The SMILES string of the molecule is Nc1nc(=O)c2c([nH]1)NC(=O)[C@]2(CCc1ccc(C(=O)NC(CCC(=O)O)C(=O)O)cc1)c1[nH]c2[nH]c(N)nc(=O)c2c1CCc1ccc(C(=O)NC(CCC(=O)O)C(=O)O)cc1. The number of nitrogens with zero attached hydrogens (tertiary/aromatic N) is 2. The number of nitrogens with two attached hydrogens (primary N) is 2. The second-order valence-corrected chi connectivity index (χ2v) is 14.7. The third-order valence-electron chi connectivity index (χ3n) is 10.6. The van der Waals surface area contributed by atoms with E-state index < -0.39 is 83.1 Å². The number of nitrogen functional groups attached to an aromatic ring is 2. The zero-order chi connectivity index (χ0) is 45.7. The van der Waals surface area contributed by atoms with Crippen molar-refractivity contribution in [3.05, 3.63) is 108 Å². The van der Waals surface area contributed by atoms with E-state index in [1.165, 1.54) is 24.3 Å². The molecule has 328 valence electrons. The average Bonchev–Trinajstić information content (AvgIpc) is 3.73. The highest BCUT2D eigenvalue weighted by atomic mass is 16.4. The highest BCUT2D eigenvalue weighted by Gasteiger charge is 2.53. The number of amides is 3. The predicted molar refractivity (Wildman–Crippen MR) is 220 cm³/mol. The topological polar surface area (TPSA) is 396 Å². The molecular formula is C40H40N10O13. The lowest BCUT2D eigenvalue weighted by Crippen LogP contribution is -2.41. The molecule has 3 atom stereocenters. The molecule has 6 rings (SSSR count). The summed E-state index contributed by atoms with van der Waals surface area (Å²) in [6.45, 7) is 0. The van der Waals surface area contributed by atoms with Crippen LogP contribution in [-0.2, 0) is 48.7 Å². The van der Waals surface area contributed by atoms with Gasteiger partial charge in [-0.3, -0.25) is 33.6 Å². The predicted octanol–water partition coefficient (Wildman–Crippen LogP) is 0.251. The van der Waals surface area contributed by atoms with Crippen molar-refractivity contribution in [3.8, 4) is 0 Å². The van der Waals surface area contributed by atoms with Crippen LogP contribution in [0.15, 0.2) is 58.1 Å². The Hall–Kier alpha value is -8.37. The summed E-state index contributed by atoms with van der Waals surface area (Å²) in [5.74, 6) is -8.03. The van der Waals surface area contributed by atoms with Gasteiger partial charge < -0.3 is 62.8 Å². The van der Waals surface area contributed by atoms with Gasteiger partial charge in [-0.2, -0.15) is 9.97 Å². The van der Waals surface area contributed by atoms with Crippen molar-refractivity contribution in [2.45, 2.75) is 68.9 Å². The van der Waals surface area contributed by atoms with Crippen LogP contribution in [0.4, 0.5) is 17.7 Å². The van der Waals surface area contributed by atoms with Gasteiger partial charge in [0, 0.05) is 29.7 Å². The Balaban J connectivity index is 1.33. The Morgan fingerprint density at radius 2 is 1.14 bits per heavy atom. The van der Waals surface area contributed by atoms with Crippen molar-refractivity contribution < 1.29 is 54.0 Å². The lowest BCUT2D eigenvalue weighted by atomic mass is 9.73. The maximum absolute atomic E-state index is 14.5. The molecule has 4 heterocycles. The van der Waals surface area contributed by atoms with Gasteiger partial charge in [-0.05, 0) is 79.5 Å². The van der Waals surface area contributed by atoms with E-state index in [4.69, 9.17) is 21.7 Å². The Kier molecular flexibility index (Phi) is 12.7. The van der Waals surface area contributed by atoms with Crippen molar-refractivity contribution >= 4 is 70.3 Å². The second-order valence-electron chi connectivity index (χ2n) is 14.7. The van der Waals surface area contributed by atoms with Gasteiger partial charge in [-0.15, -0.1) is 0 Å². The fourth-order valence-electron chi connectivity index (χ4n) is 7.50. The number of hydrogen-bond acceptors (Lipinski definition) is 13. The lowest BCUT2D eigenvalue weighted by Gasteiger charge is -2.27. The van der Waals surface area contributed by atoms with Crippen LogP contribution in [-0.4, -0.2) is 99.0 Å². The molecule has 23 nitrogen and oxygen atoms in total. The number of aryl methyl sites for hydroxylation is 3. The Bertz CT molecular complexity index is 2780. The number of hydrogen-bond donors (Lipinski definition) is 12. The van der Waals surface area contributed by atoms with E-state index in [9.17, 15) is 53.4 Å². The summed E-state index contributed by atoms with van der Waals surface area (Å²) in [6, 6.07) is 9.06.